The zero-order valence-corrected chi connectivity index (χ0v) is 10.5. The van der Waals surface area contributed by atoms with Crippen LogP contribution in [-0.2, 0) is 0 Å². The van der Waals surface area contributed by atoms with Crippen LogP contribution in [0.25, 0.3) is 0 Å². The topological polar surface area (TPSA) is 29.3 Å². The van der Waals surface area contributed by atoms with Gasteiger partial charge < -0.3 is 10.6 Å². The molecule has 2 nitrogen and oxygen atoms in total. The Bertz CT molecular complexity index is 235. The molecular weight excluding hydrogens is 196 g/mol. The Labute approximate surface area is 99.6 Å². The molecule has 0 bridgehead atoms. The van der Waals surface area contributed by atoms with Crippen LogP contribution in [0.5, 0.6) is 0 Å². The van der Waals surface area contributed by atoms with Crippen LogP contribution >= 0.6 is 0 Å². The minimum atomic E-state index is 0.493. The van der Waals surface area contributed by atoms with E-state index in [1.54, 1.807) is 0 Å². The van der Waals surface area contributed by atoms with Crippen LogP contribution in [0.2, 0.25) is 0 Å². The molecule has 0 aromatic rings. The molecule has 92 valence electrons. The number of nitrogens with two attached hydrogens (primary N) is 1. The average molecular weight is 222 g/mol. The van der Waals surface area contributed by atoms with Crippen molar-refractivity contribution in [2.24, 2.45) is 11.1 Å². The molecule has 2 N–H and O–H groups in total. The van der Waals surface area contributed by atoms with Crippen LogP contribution in [0, 0.1) is 5.41 Å². The van der Waals surface area contributed by atoms with Gasteiger partial charge in [0.2, 0.25) is 0 Å². The van der Waals surface area contributed by atoms with Crippen LogP contribution < -0.4 is 5.73 Å². The van der Waals surface area contributed by atoms with E-state index in [9.17, 15) is 0 Å². The van der Waals surface area contributed by atoms with Gasteiger partial charge in [0.05, 0.1) is 0 Å². The summed E-state index contributed by atoms with van der Waals surface area (Å²) in [5.41, 5.74) is 6.80. The third kappa shape index (κ3) is 2.02. The van der Waals surface area contributed by atoms with E-state index >= 15 is 0 Å². The molecule has 0 radical (unpaired) electrons. The number of hydrogen-bond donors (Lipinski definition) is 1. The number of likely N-dealkylation sites (tertiary alicyclic amines) is 1. The van der Waals surface area contributed by atoms with Crippen molar-refractivity contribution in [3.63, 3.8) is 0 Å². The van der Waals surface area contributed by atoms with E-state index in [0.717, 1.165) is 11.5 Å². The third-order valence-electron chi connectivity index (χ3n) is 5.48. The van der Waals surface area contributed by atoms with Crippen molar-refractivity contribution in [1.82, 2.24) is 4.90 Å². The first-order chi connectivity index (χ1) is 7.77. The summed E-state index contributed by atoms with van der Waals surface area (Å²) in [6.45, 7) is 2.72. The van der Waals surface area contributed by atoms with Gasteiger partial charge in [-0.05, 0) is 63.5 Å². The largest absolute Gasteiger partial charge is 0.328 e. The fourth-order valence-corrected chi connectivity index (χ4v) is 4.31. The van der Waals surface area contributed by atoms with Gasteiger partial charge in [0.1, 0.15) is 0 Å². The Kier molecular flexibility index (Phi) is 2.97. The maximum Gasteiger partial charge on any atom is 0.0111 e. The Morgan fingerprint density at radius 1 is 0.938 bits per heavy atom. The molecule has 2 unspecified atom stereocenters. The molecule has 1 heterocycles. The summed E-state index contributed by atoms with van der Waals surface area (Å²) in [6, 6.07) is 1.32. The summed E-state index contributed by atoms with van der Waals surface area (Å²) in [7, 11) is 0. The molecule has 2 saturated carbocycles. The van der Waals surface area contributed by atoms with E-state index in [1.807, 2.05) is 0 Å². The molecule has 2 aliphatic carbocycles. The van der Waals surface area contributed by atoms with E-state index in [1.165, 1.54) is 70.9 Å². The molecule has 0 amide bonds. The highest BCUT2D eigenvalue weighted by Gasteiger charge is 2.39. The first kappa shape index (κ1) is 11.0. The second-order valence-corrected chi connectivity index (χ2v) is 6.47. The standard InChI is InChI=1S/C14H26N2/c15-12-3-4-13(11-12)16-9-7-14(8-10-16)5-1-2-6-14/h12-13H,1-11,15H2. The van der Waals surface area contributed by atoms with Crippen LogP contribution in [0.15, 0.2) is 0 Å². The molecule has 1 saturated heterocycles. The highest BCUT2D eigenvalue weighted by molar-refractivity contribution is 4.93. The smallest absolute Gasteiger partial charge is 0.0111 e. The zero-order chi connectivity index (χ0) is 11.0. The number of rotatable bonds is 1. The summed E-state index contributed by atoms with van der Waals surface area (Å²) < 4.78 is 0. The lowest BCUT2D eigenvalue weighted by Crippen LogP contribution is -2.44. The number of hydrogen-bond acceptors (Lipinski definition) is 2. The van der Waals surface area contributed by atoms with Gasteiger partial charge in [0.15, 0.2) is 0 Å². The fraction of sp³-hybridized carbons (Fsp3) is 1.00. The second-order valence-electron chi connectivity index (χ2n) is 6.47. The first-order valence-electron chi connectivity index (χ1n) is 7.27. The van der Waals surface area contributed by atoms with E-state index < -0.39 is 0 Å². The maximum atomic E-state index is 6.02. The quantitative estimate of drug-likeness (QED) is 0.738. The van der Waals surface area contributed by atoms with E-state index in [0.29, 0.717) is 6.04 Å². The summed E-state index contributed by atoms with van der Waals surface area (Å²) in [5.74, 6) is 0. The number of nitrogens with zero attached hydrogens (tertiary/aromatic N) is 1. The van der Waals surface area contributed by atoms with Crippen LogP contribution in [0.1, 0.15) is 57.8 Å². The molecule has 2 atom stereocenters. The molecule has 3 aliphatic rings. The van der Waals surface area contributed by atoms with Crippen molar-refractivity contribution >= 4 is 0 Å². The lowest BCUT2D eigenvalue weighted by Gasteiger charge is -2.42. The third-order valence-corrected chi connectivity index (χ3v) is 5.48. The van der Waals surface area contributed by atoms with Crippen LogP contribution in [0.4, 0.5) is 0 Å². The minimum absolute atomic E-state index is 0.493. The summed E-state index contributed by atoms with van der Waals surface area (Å²) in [4.78, 5) is 2.75. The number of piperidine rings is 1. The van der Waals surface area contributed by atoms with E-state index in [-0.39, 0.29) is 0 Å². The average Bonchev–Trinajstić information content (AvgIpc) is 2.90. The monoisotopic (exact) mass is 222 g/mol. The first-order valence-corrected chi connectivity index (χ1v) is 7.27. The van der Waals surface area contributed by atoms with Crippen molar-refractivity contribution in [2.45, 2.75) is 69.9 Å². The van der Waals surface area contributed by atoms with Crippen molar-refractivity contribution < 1.29 is 0 Å². The van der Waals surface area contributed by atoms with Crippen LogP contribution in [0.3, 0.4) is 0 Å². The van der Waals surface area contributed by atoms with Gasteiger partial charge in [-0.3, -0.25) is 0 Å². The molecular formula is C14H26N2. The normalized spacial score (nSPS) is 39.6. The molecule has 3 rings (SSSR count). The predicted octanol–water partition coefficient (Wildman–Crippen LogP) is 2.52. The van der Waals surface area contributed by atoms with Crippen molar-refractivity contribution in [3.05, 3.63) is 0 Å². The highest BCUT2D eigenvalue weighted by Crippen LogP contribution is 2.46. The predicted molar refractivity (Wildman–Crippen MR) is 67.3 cm³/mol. The van der Waals surface area contributed by atoms with Gasteiger partial charge in [0, 0.05) is 12.1 Å². The van der Waals surface area contributed by atoms with Crippen molar-refractivity contribution in [2.75, 3.05) is 13.1 Å². The second kappa shape index (κ2) is 4.30. The fourth-order valence-electron chi connectivity index (χ4n) is 4.31. The summed E-state index contributed by atoms with van der Waals surface area (Å²) in [5, 5.41) is 0. The molecule has 1 aliphatic heterocycles. The van der Waals surface area contributed by atoms with E-state index in [2.05, 4.69) is 4.90 Å². The van der Waals surface area contributed by atoms with E-state index in [4.69, 9.17) is 5.73 Å². The lowest BCUT2D eigenvalue weighted by atomic mass is 9.77. The maximum absolute atomic E-state index is 6.02. The highest BCUT2D eigenvalue weighted by atomic mass is 15.2. The Balaban J connectivity index is 1.54. The van der Waals surface area contributed by atoms with Gasteiger partial charge in [-0.2, -0.15) is 0 Å². The molecule has 2 heteroatoms. The van der Waals surface area contributed by atoms with Gasteiger partial charge in [-0.1, -0.05) is 12.8 Å². The van der Waals surface area contributed by atoms with Crippen molar-refractivity contribution in [3.8, 4) is 0 Å². The van der Waals surface area contributed by atoms with Gasteiger partial charge in [0.25, 0.3) is 0 Å². The molecule has 0 aromatic heterocycles. The zero-order valence-electron chi connectivity index (χ0n) is 10.5. The van der Waals surface area contributed by atoms with Crippen LogP contribution in [-0.4, -0.2) is 30.1 Å². The molecule has 1 spiro atoms. The Morgan fingerprint density at radius 2 is 1.62 bits per heavy atom. The minimum Gasteiger partial charge on any atom is -0.328 e. The van der Waals surface area contributed by atoms with Crippen molar-refractivity contribution in [1.29, 1.82) is 0 Å². The van der Waals surface area contributed by atoms with Gasteiger partial charge in [-0.15, -0.1) is 0 Å². The Morgan fingerprint density at radius 3 is 2.19 bits per heavy atom. The Hall–Kier alpha value is -0.0800. The molecule has 0 aromatic carbocycles. The molecule has 16 heavy (non-hydrogen) atoms. The summed E-state index contributed by atoms with van der Waals surface area (Å²) >= 11 is 0. The summed E-state index contributed by atoms with van der Waals surface area (Å²) in [6.07, 6.45) is 12.8. The molecule has 3 fully saturated rings. The SMILES string of the molecule is NC1CCC(N2CCC3(CCCC3)CC2)C1. The lowest BCUT2D eigenvalue weighted by molar-refractivity contribution is 0.0773. The van der Waals surface area contributed by atoms with Gasteiger partial charge in [-0.25, -0.2) is 0 Å². The van der Waals surface area contributed by atoms with Gasteiger partial charge >= 0.3 is 0 Å².